The van der Waals surface area contributed by atoms with Crippen LogP contribution >= 0.6 is 0 Å². The molecule has 1 aliphatic carbocycles. The van der Waals surface area contributed by atoms with Crippen molar-refractivity contribution in [3.05, 3.63) is 35.0 Å². The van der Waals surface area contributed by atoms with Crippen LogP contribution in [0.3, 0.4) is 0 Å². The second-order valence-electron chi connectivity index (χ2n) is 5.48. The first-order chi connectivity index (χ1) is 9.54. The van der Waals surface area contributed by atoms with Crippen LogP contribution in [-0.4, -0.2) is 31.1 Å². The van der Waals surface area contributed by atoms with Crippen LogP contribution in [0.5, 0.6) is 0 Å². The van der Waals surface area contributed by atoms with Crippen molar-refractivity contribution in [2.24, 2.45) is 5.73 Å². The highest BCUT2D eigenvalue weighted by Gasteiger charge is 2.20. The number of fused-ring (bicyclic) bond motifs is 3. The summed E-state index contributed by atoms with van der Waals surface area (Å²) in [5.74, 6) is 0. The van der Waals surface area contributed by atoms with Gasteiger partial charge in [0.15, 0.2) is 0 Å². The number of aryl methyl sites for hydroxylation is 1. The van der Waals surface area contributed by atoms with Gasteiger partial charge < -0.3 is 10.7 Å². The van der Waals surface area contributed by atoms with Crippen LogP contribution < -0.4 is 5.73 Å². The van der Waals surface area contributed by atoms with Crippen molar-refractivity contribution in [2.45, 2.75) is 31.8 Å². The molecule has 0 saturated heterocycles. The van der Waals surface area contributed by atoms with Gasteiger partial charge >= 0.3 is 0 Å². The molecule has 5 nitrogen and oxygen atoms in total. The zero-order valence-electron chi connectivity index (χ0n) is 11.4. The van der Waals surface area contributed by atoms with Crippen LogP contribution in [0.25, 0.3) is 10.9 Å². The highest BCUT2D eigenvalue weighted by Crippen LogP contribution is 2.29. The molecule has 0 amide bonds. The number of hydrogen-bond acceptors (Lipinski definition) is 2. The van der Waals surface area contributed by atoms with E-state index < -0.39 is 11.3 Å². The summed E-state index contributed by atoms with van der Waals surface area (Å²) in [5, 5.41) is 1.20. The number of nitrogens with one attached hydrogen (secondary N) is 1. The fourth-order valence-electron chi connectivity index (χ4n) is 2.90. The summed E-state index contributed by atoms with van der Waals surface area (Å²) in [6.07, 6.45) is 2.93. The van der Waals surface area contributed by atoms with Crippen molar-refractivity contribution in [1.29, 1.82) is 0 Å². The van der Waals surface area contributed by atoms with E-state index in [0.717, 1.165) is 30.3 Å². The minimum Gasteiger partial charge on any atom is -0.358 e. The highest BCUT2D eigenvalue weighted by molar-refractivity contribution is 7.76. The molecular weight excluding hydrogens is 274 g/mol. The van der Waals surface area contributed by atoms with Crippen molar-refractivity contribution in [1.82, 2.24) is 9.29 Å². The van der Waals surface area contributed by atoms with Crippen LogP contribution in [0.15, 0.2) is 18.2 Å². The van der Waals surface area contributed by atoms with Crippen molar-refractivity contribution in [2.75, 3.05) is 7.05 Å². The van der Waals surface area contributed by atoms with E-state index in [1.165, 1.54) is 20.9 Å². The Morgan fingerprint density at radius 3 is 3.10 bits per heavy atom. The summed E-state index contributed by atoms with van der Waals surface area (Å²) in [6.45, 7) is 0.449. The minimum absolute atomic E-state index is 0.234. The fraction of sp³-hybridized carbons (Fsp3) is 0.429. The second kappa shape index (κ2) is 5.29. The summed E-state index contributed by atoms with van der Waals surface area (Å²) < 4.78 is 21.5. The van der Waals surface area contributed by atoms with Gasteiger partial charge in [-0.2, -0.15) is 4.31 Å². The zero-order valence-corrected chi connectivity index (χ0v) is 12.2. The van der Waals surface area contributed by atoms with Gasteiger partial charge in [0.05, 0.1) is 0 Å². The van der Waals surface area contributed by atoms with Gasteiger partial charge in [0.1, 0.15) is 0 Å². The van der Waals surface area contributed by atoms with Crippen LogP contribution in [0.4, 0.5) is 0 Å². The number of aromatic nitrogens is 1. The molecule has 2 atom stereocenters. The normalized spacial score (nSPS) is 20.3. The number of H-pyrrole nitrogens is 1. The Hall–Kier alpha value is -1.21. The summed E-state index contributed by atoms with van der Waals surface area (Å²) >= 11 is -1.94. The lowest BCUT2D eigenvalue weighted by Crippen LogP contribution is -2.27. The van der Waals surface area contributed by atoms with Gasteiger partial charge in [0.25, 0.3) is 0 Å². The fourth-order valence-corrected chi connectivity index (χ4v) is 3.16. The summed E-state index contributed by atoms with van der Waals surface area (Å²) in [5.41, 5.74) is 10.8. The third-order valence-corrected chi connectivity index (χ3v) is 4.62. The Kier molecular flexibility index (Phi) is 3.64. The molecule has 0 aliphatic heterocycles. The van der Waals surface area contributed by atoms with E-state index in [9.17, 15) is 4.21 Å². The van der Waals surface area contributed by atoms with E-state index in [0.29, 0.717) is 6.54 Å². The number of nitrogens with two attached hydrogens (primary N) is 1. The van der Waals surface area contributed by atoms with Crippen LogP contribution in [0.2, 0.25) is 0 Å². The maximum absolute atomic E-state index is 11.0. The number of benzene rings is 1. The molecule has 1 aliphatic rings. The van der Waals surface area contributed by atoms with Crippen molar-refractivity contribution < 1.29 is 8.76 Å². The molecular formula is C14H19N3O2S. The number of hydrogen-bond donors (Lipinski definition) is 3. The van der Waals surface area contributed by atoms with Crippen molar-refractivity contribution >= 4 is 22.2 Å². The largest absolute Gasteiger partial charge is 0.358 e. The molecule has 1 aromatic carbocycles. The summed E-state index contributed by atoms with van der Waals surface area (Å²) in [6, 6.07) is 6.38. The van der Waals surface area contributed by atoms with Crippen molar-refractivity contribution in [3.8, 4) is 0 Å². The average molecular weight is 293 g/mol. The van der Waals surface area contributed by atoms with Crippen molar-refractivity contribution in [3.63, 3.8) is 0 Å². The predicted molar refractivity (Wildman–Crippen MR) is 80.5 cm³/mol. The first kappa shape index (κ1) is 13.8. The van der Waals surface area contributed by atoms with Gasteiger partial charge in [-0.3, -0.25) is 4.55 Å². The first-order valence-electron chi connectivity index (χ1n) is 6.74. The van der Waals surface area contributed by atoms with Gasteiger partial charge in [-0.25, -0.2) is 4.21 Å². The topological polar surface area (TPSA) is 82.3 Å². The lowest BCUT2D eigenvalue weighted by molar-refractivity contribution is 0.445. The Morgan fingerprint density at radius 1 is 1.55 bits per heavy atom. The van der Waals surface area contributed by atoms with Crippen LogP contribution in [0.1, 0.15) is 23.2 Å². The highest BCUT2D eigenvalue weighted by atomic mass is 32.2. The van der Waals surface area contributed by atoms with Gasteiger partial charge in [0, 0.05) is 36.2 Å². The van der Waals surface area contributed by atoms with Gasteiger partial charge in [0.2, 0.25) is 11.3 Å². The third kappa shape index (κ3) is 2.52. The Morgan fingerprint density at radius 2 is 2.35 bits per heavy atom. The van der Waals surface area contributed by atoms with E-state index in [1.807, 2.05) is 12.1 Å². The smallest absolute Gasteiger partial charge is 0.234 e. The zero-order chi connectivity index (χ0) is 14.3. The molecule has 0 spiro atoms. The lowest BCUT2D eigenvalue weighted by Gasteiger charge is -2.18. The monoisotopic (exact) mass is 293 g/mol. The summed E-state index contributed by atoms with van der Waals surface area (Å²) in [4.78, 5) is 3.46. The predicted octanol–water partition coefficient (Wildman–Crippen LogP) is 1.55. The van der Waals surface area contributed by atoms with E-state index in [2.05, 4.69) is 11.1 Å². The number of aromatic amines is 1. The Bertz CT molecular complexity index is 668. The first-order valence-corrected chi connectivity index (χ1v) is 7.81. The molecule has 2 unspecified atom stereocenters. The standard InChI is InChI=1S/C14H19N3O2S/c1-17(20(18)19)8-9-2-4-13-11(6-9)12-7-10(15)3-5-14(12)16-13/h2,4,6,10,16H,3,5,7-8,15H2,1H3,(H,18,19). The molecule has 0 fully saturated rings. The van der Waals surface area contributed by atoms with E-state index in [-0.39, 0.29) is 6.04 Å². The molecule has 1 aromatic heterocycles. The number of rotatable bonds is 3. The molecule has 108 valence electrons. The van der Waals surface area contributed by atoms with Crippen LogP contribution in [-0.2, 0) is 30.7 Å². The Labute approximate surface area is 120 Å². The van der Waals surface area contributed by atoms with E-state index in [4.69, 9.17) is 10.3 Å². The van der Waals surface area contributed by atoms with E-state index in [1.54, 1.807) is 7.05 Å². The van der Waals surface area contributed by atoms with Crippen LogP contribution in [0, 0.1) is 0 Å². The molecule has 6 heteroatoms. The van der Waals surface area contributed by atoms with Gasteiger partial charge in [-0.15, -0.1) is 0 Å². The van der Waals surface area contributed by atoms with Gasteiger partial charge in [-0.1, -0.05) is 6.07 Å². The average Bonchev–Trinajstić information content (AvgIpc) is 2.76. The quantitative estimate of drug-likeness (QED) is 0.751. The molecule has 0 radical (unpaired) electrons. The Balaban J connectivity index is 1.98. The molecule has 20 heavy (non-hydrogen) atoms. The maximum Gasteiger partial charge on any atom is 0.234 e. The molecule has 4 N–H and O–H groups in total. The molecule has 3 rings (SSSR count). The van der Waals surface area contributed by atoms with Gasteiger partial charge in [-0.05, 0) is 42.5 Å². The van der Waals surface area contributed by atoms with E-state index >= 15 is 0 Å². The molecule has 0 saturated carbocycles. The number of nitrogens with zero attached hydrogens (tertiary/aromatic N) is 1. The third-order valence-electron chi connectivity index (χ3n) is 3.96. The second-order valence-corrected chi connectivity index (χ2v) is 6.57. The minimum atomic E-state index is -1.94. The molecule has 2 aromatic rings. The molecule has 0 bridgehead atoms. The molecule has 1 heterocycles. The lowest BCUT2D eigenvalue weighted by atomic mass is 9.92. The maximum atomic E-state index is 11.0. The summed E-state index contributed by atoms with van der Waals surface area (Å²) in [7, 11) is 1.63. The SMILES string of the molecule is CN(Cc1ccc2[nH]c3c(c2c1)CC(N)CC3)S(=O)O.